The van der Waals surface area contributed by atoms with Crippen LogP contribution in [-0.2, 0) is 0 Å². The normalized spacial score (nSPS) is 27.6. The van der Waals surface area contributed by atoms with Crippen molar-refractivity contribution in [2.75, 3.05) is 0 Å². The van der Waals surface area contributed by atoms with Crippen molar-refractivity contribution in [1.29, 1.82) is 0 Å². The minimum Gasteiger partial charge on any atom is -0.392 e. The average molecular weight is 252 g/mol. The van der Waals surface area contributed by atoms with E-state index in [2.05, 4.69) is 31.1 Å². The fraction of sp³-hybridized carbons (Fsp3) is 0.643. The van der Waals surface area contributed by atoms with Gasteiger partial charge in [0.2, 0.25) is 0 Å². The van der Waals surface area contributed by atoms with Crippen LogP contribution in [0.2, 0.25) is 0 Å². The number of pyridine rings is 1. The molecule has 0 saturated heterocycles. The van der Waals surface area contributed by atoms with E-state index in [4.69, 9.17) is 0 Å². The molecule has 1 fully saturated rings. The molecule has 1 heterocycles. The fourth-order valence-corrected chi connectivity index (χ4v) is 2.43. The molecular formula is C14H21FN2O. The van der Waals surface area contributed by atoms with E-state index in [9.17, 15) is 9.50 Å². The van der Waals surface area contributed by atoms with E-state index in [1.165, 1.54) is 12.3 Å². The molecule has 2 N–H and O–H groups in total. The van der Waals surface area contributed by atoms with Crippen molar-refractivity contribution in [1.82, 2.24) is 10.3 Å². The zero-order valence-electron chi connectivity index (χ0n) is 11.2. The van der Waals surface area contributed by atoms with Crippen molar-refractivity contribution in [2.24, 2.45) is 5.41 Å². The molecular weight excluding hydrogens is 231 g/mol. The minimum absolute atomic E-state index is 0.104. The van der Waals surface area contributed by atoms with Gasteiger partial charge in [0.1, 0.15) is 5.82 Å². The highest BCUT2D eigenvalue weighted by Crippen LogP contribution is 2.41. The summed E-state index contributed by atoms with van der Waals surface area (Å²) in [6.07, 6.45) is 2.67. The van der Waals surface area contributed by atoms with Crippen LogP contribution in [0.5, 0.6) is 0 Å². The molecule has 0 radical (unpaired) electrons. The predicted octanol–water partition coefficient (Wildman–Crippen LogP) is 2.42. The molecule has 0 amide bonds. The molecule has 1 aliphatic rings. The lowest BCUT2D eigenvalue weighted by Gasteiger charge is -2.50. The first kappa shape index (κ1) is 13.4. The minimum atomic E-state index is -0.312. The number of hydrogen-bond donors (Lipinski definition) is 2. The Morgan fingerprint density at radius 1 is 1.56 bits per heavy atom. The molecule has 1 aromatic heterocycles. The summed E-state index contributed by atoms with van der Waals surface area (Å²) in [6, 6.07) is 3.55. The molecule has 3 atom stereocenters. The SMILES string of the molecule is CCC(NC1CC(O)C1(C)C)c1ccc(F)cn1. The predicted molar refractivity (Wildman–Crippen MR) is 68.6 cm³/mol. The quantitative estimate of drug-likeness (QED) is 0.865. The number of rotatable bonds is 4. The van der Waals surface area contributed by atoms with Crippen molar-refractivity contribution in [3.05, 3.63) is 29.8 Å². The maximum atomic E-state index is 12.9. The molecule has 4 heteroatoms. The standard InChI is InChI=1S/C14H21FN2O/c1-4-10(11-6-5-9(15)8-16-11)17-12-7-13(18)14(12,2)3/h5-6,8,10,12-13,17-18H,4,7H2,1-3H3. The summed E-state index contributed by atoms with van der Waals surface area (Å²) in [4.78, 5) is 4.13. The lowest BCUT2D eigenvalue weighted by atomic mass is 9.64. The number of halogens is 1. The fourth-order valence-electron chi connectivity index (χ4n) is 2.43. The molecule has 1 saturated carbocycles. The highest BCUT2D eigenvalue weighted by molar-refractivity contribution is 5.12. The number of aliphatic hydroxyl groups is 1. The second-order valence-electron chi connectivity index (χ2n) is 5.65. The van der Waals surface area contributed by atoms with Gasteiger partial charge in [0.05, 0.1) is 18.0 Å². The van der Waals surface area contributed by atoms with E-state index in [0.29, 0.717) is 0 Å². The van der Waals surface area contributed by atoms with Crippen LogP contribution >= 0.6 is 0 Å². The molecule has 0 aromatic carbocycles. The van der Waals surface area contributed by atoms with Gasteiger partial charge in [0.25, 0.3) is 0 Å². The van der Waals surface area contributed by atoms with Crippen LogP contribution in [0.4, 0.5) is 4.39 Å². The smallest absolute Gasteiger partial charge is 0.141 e. The summed E-state index contributed by atoms with van der Waals surface area (Å²) in [5.41, 5.74) is 0.754. The zero-order chi connectivity index (χ0) is 13.3. The number of aromatic nitrogens is 1. The Kier molecular flexibility index (Phi) is 3.69. The molecule has 0 aliphatic heterocycles. The first-order valence-electron chi connectivity index (χ1n) is 6.50. The molecule has 18 heavy (non-hydrogen) atoms. The Bertz CT molecular complexity index is 405. The Morgan fingerprint density at radius 2 is 2.28 bits per heavy atom. The van der Waals surface area contributed by atoms with Crippen LogP contribution in [0.15, 0.2) is 18.3 Å². The van der Waals surface area contributed by atoms with E-state index in [-0.39, 0.29) is 29.4 Å². The Hall–Kier alpha value is -1.00. The highest BCUT2D eigenvalue weighted by atomic mass is 19.1. The Labute approximate surface area is 107 Å². The molecule has 3 nitrogen and oxygen atoms in total. The van der Waals surface area contributed by atoms with Crippen molar-refractivity contribution in [3.8, 4) is 0 Å². The average Bonchev–Trinajstić information content (AvgIpc) is 2.35. The Balaban J connectivity index is 2.04. The molecule has 3 unspecified atom stereocenters. The number of hydrogen-bond acceptors (Lipinski definition) is 3. The van der Waals surface area contributed by atoms with E-state index in [0.717, 1.165) is 18.5 Å². The van der Waals surface area contributed by atoms with Gasteiger partial charge in [-0.05, 0) is 25.0 Å². The van der Waals surface area contributed by atoms with Crippen LogP contribution < -0.4 is 5.32 Å². The Morgan fingerprint density at radius 3 is 2.72 bits per heavy atom. The summed E-state index contributed by atoms with van der Waals surface area (Å²) in [5, 5.41) is 13.2. The summed E-state index contributed by atoms with van der Waals surface area (Å²) in [7, 11) is 0. The van der Waals surface area contributed by atoms with E-state index in [1.54, 1.807) is 6.07 Å². The van der Waals surface area contributed by atoms with E-state index in [1.807, 2.05) is 0 Å². The summed E-state index contributed by atoms with van der Waals surface area (Å²) >= 11 is 0. The van der Waals surface area contributed by atoms with Gasteiger partial charge in [0.15, 0.2) is 0 Å². The van der Waals surface area contributed by atoms with Crippen molar-refractivity contribution in [3.63, 3.8) is 0 Å². The van der Waals surface area contributed by atoms with Crippen molar-refractivity contribution in [2.45, 2.75) is 51.8 Å². The van der Waals surface area contributed by atoms with Gasteiger partial charge in [-0.2, -0.15) is 0 Å². The van der Waals surface area contributed by atoms with Gasteiger partial charge in [-0.1, -0.05) is 20.8 Å². The van der Waals surface area contributed by atoms with E-state index >= 15 is 0 Å². The monoisotopic (exact) mass is 252 g/mol. The summed E-state index contributed by atoms with van der Waals surface area (Å²) in [5.74, 6) is -0.312. The summed E-state index contributed by atoms with van der Waals surface area (Å²) < 4.78 is 12.9. The number of nitrogens with one attached hydrogen (secondary N) is 1. The van der Waals surface area contributed by atoms with Gasteiger partial charge in [-0.15, -0.1) is 0 Å². The number of nitrogens with zero attached hydrogens (tertiary/aromatic N) is 1. The van der Waals surface area contributed by atoms with Crippen LogP contribution in [0, 0.1) is 11.2 Å². The first-order chi connectivity index (χ1) is 8.45. The van der Waals surface area contributed by atoms with Crippen molar-refractivity contribution < 1.29 is 9.50 Å². The molecule has 1 aliphatic carbocycles. The molecule has 100 valence electrons. The summed E-state index contributed by atoms with van der Waals surface area (Å²) in [6.45, 7) is 6.19. The maximum Gasteiger partial charge on any atom is 0.141 e. The maximum absolute atomic E-state index is 12.9. The lowest BCUT2D eigenvalue weighted by Crippen LogP contribution is -2.60. The first-order valence-corrected chi connectivity index (χ1v) is 6.50. The van der Waals surface area contributed by atoms with Crippen LogP contribution in [0.1, 0.15) is 45.3 Å². The topological polar surface area (TPSA) is 45.1 Å². The van der Waals surface area contributed by atoms with Crippen LogP contribution in [0.3, 0.4) is 0 Å². The van der Waals surface area contributed by atoms with Crippen molar-refractivity contribution >= 4 is 0 Å². The third-order valence-corrected chi connectivity index (χ3v) is 4.13. The number of aliphatic hydroxyl groups excluding tert-OH is 1. The van der Waals surface area contributed by atoms with Gasteiger partial charge in [0, 0.05) is 17.5 Å². The molecule has 0 spiro atoms. The van der Waals surface area contributed by atoms with Gasteiger partial charge < -0.3 is 10.4 Å². The third kappa shape index (κ3) is 2.40. The van der Waals surface area contributed by atoms with Crippen LogP contribution in [0.25, 0.3) is 0 Å². The van der Waals surface area contributed by atoms with Crippen LogP contribution in [-0.4, -0.2) is 22.2 Å². The van der Waals surface area contributed by atoms with Gasteiger partial charge in [-0.25, -0.2) is 4.39 Å². The lowest BCUT2D eigenvalue weighted by molar-refractivity contribution is -0.0763. The molecule has 0 bridgehead atoms. The second kappa shape index (κ2) is 4.94. The van der Waals surface area contributed by atoms with Gasteiger partial charge >= 0.3 is 0 Å². The molecule has 1 aromatic rings. The third-order valence-electron chi connectivity index (χ3n) is 4.13. The van der Waals surface area contributed by atoms with Gasteiger partial charge in [-0.3, -0.25) is 4.98 Å². The highest BCUT2D eigenvalue weighted by Gasteiger charge is 2.47. The largest absolute Gasteiger partial charge is 0.392 e. The second-order valence-corrected chi connectivity index (χ2v) is 5.65. The zero-order valence-corrected chi connectivity index (χ0v) is 11.2. The van der Waals surface area contributed by atoms with E-state index < -0.39 is 0 Å². The molecule has 2 rings (SSSR count).